The molecule has 1 aromatic rings. The molecule has 0 aromatic carbocycles. The van der Waals surface area contributed by atoms with E-state index < -0.39 is 0 Å². The zero-order chi connectivity index (χ0) is 14.5. The van der Waals surface area contributed by atoms with Crippen LogP contribution in [0, 0.1) is 12.8 Å². The predicted molar refractivity (Wildman–Crippen MR) is 82.0 cm³/mol. The molecule has 0 unspecified atom stereocenters. The lowest BCUT2D eigenvalue weighted by Gasteiger charge is -2.33. The van der Waals surface area contributed by atoms with Gasteiger partial charge in [-0.3, -0.25) is 0 Å². The van der Waals surface area contributed by atoms with Gasteiger partial charge in [0.25, 0.3) is 0 Å². The molecule has 5 nitrogen and oxygen atoms in total. The molecule has 0 spiro atoms. The normalized spacial score (nSPS) is 16.6. The first-order valence-corrected chi connectivity index (χ1v) is 7.52. The van der Waals surface area contributed by atoms with Crippen LogP contribution in [0.1, 0.15) is 37.6 Å². The lowest BCUT2D eigenvalue weighted by molar-refractivity contribution is 0.139. The van der Waals surface area contributed by atoms with E-state index in [0.29, 0.717) is 11.7 Å². The number of nitrogens with two attached hydrogens (primary N) is 1. The molecular formula is C15H26N4O. The molecule has 1 saturated heterocycles. The van der Waals surface area contributed by atoms with Gasteiger partial charge in [0.1, 0.15) is 17.5 Å². The van der Waals surface area contributed by atoms with Crippen LogP contribution in [-0.4, -0.2) is 36.8 Å². The summed E-state index contributed by atoms with van der Waals surface area (Å²) in [6, 6.07) is 0. The Morgan fingerprint density at radius 1 is 1.30 bits per heavy atom. The van der Waals surface area contributed by atoms with Gasteiger partial charge >= 0.3 is 0 Å². The summed E-state index contributed by atoms with van der Waals surface area (Å²) < 4.78 is 5.25. The summed E-state index contributed by atoms with van der Waals surface area (Å²) >= 11 is 0. The number of anilines is 2. The number of piperidine rings is 1. The smallest absolute Gasteiger partial charge is 0.137 e. The van der Waals surface area contributed by atoms with Gasteiger partial charge in [0.2, 0.25) is 0 Å². The quantitative estimate of drug-likeness (QED) is 0.894. The van der Waals surface area contributed by atoms with Crippen LogP contribution in [0.25, 0.3) is 0 Å². The van der Waals surface area contributed by atoms with Crippen molar-refractivity contribution >= 4 is 11.6 Å². The van der Waals surface area contributed by atoms with Crippen molar-refractivity contribution in [3.05, 3.63) is 11.4 Å². The second kappa shape index (κ2) is 6.88. The van der Waals surface area contributed by atoms with Gasteiger partial charge in [0, 0.05) is 38.8 Å². The zero-order valence-electron chi connectivity index (χ0n) is 12.9. The number of aryl methyl sites for hydroxylation is 1. The molecule has 1 aliphatic heterocycles. The highest BCUT2D eigenvalue weighted by atomic mass is 16.5. The van der Waals surface area contributed by atoms with E-state index >= 15 is 0 Å². The fraction of sp³-hybridized carbons (Fsp3) is 0.733. The molecule has 0 atom stereocenters. The van der Waals surface area contributed by atoms with Crippen LogP contribution in [-0.2, 0) is 11.2 Å². The van der Waals surface area contributed by atoms with Crippen LogP contribution in [0.2, 0.25) is 0 Å². The maximum atomic E-state index is 6.04. The van der Waals surface area contributed by atoms with E-state index in [9.17, 15) is 0 Å². The average molecular weight is 278 g/mol. The van der Waals surface area contributed by atoms with Crippen LogP contribution in [0.15, 0.2) is 0 Å². The Bertz CT molecular complexity index is 442. The SMILES string of the molecule is CCCc1nc(N)c(C)c(N2CCC(COC)CC2)n1. The zero-order valence-corrected chi connectivity index (χ0v) is 12.9. The Morgan fingerprint density at radius 2 is 2.00 bits per heavy atom. The van der Waals surface area contributed by atoms with Gasteiger partial charge in [-0.05, 0) is 32.1 Å². The Morgan fingerprint density at radius 3 is 2.60 bits per heavy atom. The average Bonchev–Trinajstić information content (AvgIpc) is 2.44. The number of nitrogens with zero attached hydrogens (tertiary/aromatic N) is 3. The Kier molecular flexibility index (Phi) is 5.17. The minimum absolute atomic E-state index is 0.623. The number of methoxy groups -OCH3 is 1. The molecule has 5 heteroatoms. The molecule has 0 saturated carbocycles. The van der Waals surface area contributed by atoms with Crippen molar-refractivity contribution in [1.82, 2.24) is 9.97 Å². The highest BCUT2D eigenvalue weighted by Gasteiger charge is 2.22. The van der Waals surface area contributed by atoms with Crippen molar-refractivity contribution in [2.24, 2.45) is 5.92 Å². The van der Waals surface area contributed by atoms with Crippen molar-refractivity contribution in [3.63, 3.8) is 0 Å². The molecule has 1 aliphatic rings. The minimum atomic E-state index is 0.623. The summed E-state index contributed by atoms with van der Waals surface area (Å²) in [7, 11) is 1.78. The Balaban J connectivity index is 2.12. The molecular weight excluding hydrogens is 252 g/mol. The van der Waals surface area contributed by atoms with Crippen LogP contribution < -0.4 is 10.6 Å². The Hall–Kier alpha value is -1.36. The molecule has 112 valence electrons. The molecule has 0 bridgehead atoms. The van der Waals surface area contributed by atoms with E-state index in [-0.39, 0.29) is 0 Å². The molecule has 2 heterocycles. The van der Waals surface area contributed by atoms with Crippen molar-refractivity contribution < 1.29 is 4.74 Å². The summed E-state index contributed by atoms with van der Waals surface area (Å²) in [5.41, 5.74) is 7.04. The third kappa shape index (κ3) is 3.39. The summed E-state index contributed by atoms with van der Waals surface area (Å²) in [5, 5.41) is 0. The van der Waals surface area contributed by atoms with Gasteiger partial charge in [-0.1, -0.05) is 6.92 Å². The van der Waals surface area contributed by atoms with Crippen LogP contribution in [0.3, 0.4) is 0 Å². The van der Waals surface area contributed by atoms with E-state index in [2.05, 4.69) is 16.8 Å². The molecule has 0 radical (unpaired) electrons. The molecule has 2 N–H and O–H groups in total. The minimum Gasteiger partial charge on any atom is -0.384 e. The van der Waals surface area contributed by atoms with Gasteiger partial charge < -0.3 is 15.4 Å². The number of hydrogen-bond donors (Lipinski definition) is 1. The first kappa shape index (κ1) is 15.0. The van der Waals surface area contributed by atoms with Crippen molar-refractivity contribution in [2.45, 2.75) is 39.5 Å². The summed E-state index contributed by atoms with van der Waals surface area (Å²) in [6.07, 6.45) is 4.23. The Labute approximate surface area is 121 Å². The monoisotopic (exact) mass is 278 g/mol. The number of nitrogen functional groups attached to an aromatic ring is 1. The van der Waals surface area contributed by atoms with Crippen LogP contribution in [0.4, 0.5) is 11.6 Å². The fourth-order valence-electron chi connectivity index (χ4n) is 2.76. The van der Waals surface area contributed by atoms with Crippen molar-refractivity contribution in [1.29, 1.82) is 0 Å². The molecule has 1 fully saturated rings. The lowest BCUT2D eigenvalue weighted by Crippen LogP contribution is -2.36. The first-order chi connectivity index (χ1) is 9.65. The van der Waals surface area contributed by atoms with E-state index in [0.717, 1.165) is 62.6 Å². The maximum absolute atomic E-state index is 6.04. The topological polar surface area (TPSA) is 64.3 Å². The van der Waals surface area contributed by atoms with Gasteiger partial charge in [0.05, 0.1) is 0 Å². The highest BCUT2D eigenvalue weighted by molar-refractivity contribution is 5.56. The van der Waals surface area contributed by atoms with Crippen molar-refractivity contribution in [3.8, 4) is 0 Å². The third-order valence-corrected chi connectivity index (χ3v) is 3.99. The van der Waals surface area contributed by atoms with E-state index in [1.807, 2.05) is 6.92 Å². The number of aromatic nitrogens is 2. The third-order valence-electron chi connectivity index (χ3n) is 3.99. The summed E-state index contributed by atoms with van der Waals surface area (Å²) in [4.78, 5) is 11.4. The predicted octanol–water partition coefficient (Wildman–Crippen LogP) is 2.18. The second-order valence-electron chi connectivity index (χ2n) is 5.61. The van der Waals surface area contributed by atoms with E-state index in [4.69, 9.17) is 15.5 Å². The van der Waals surface area contributed by atoms with Gasteiger partial charge in [-0.15, -0.1) is 0 Å². The lowest BCUT2D eigenvalue weighted by atomic mass is 9.97. The summed E-state index contributed by atoms with van der Waals surface area (Å²) in [6.45, 7) is 7.06. The van der Waals surface area contributed by atoms with Crippen LogP contribution >= 0.6 is 0 Å². The number of hydrogen-bond acceptors (Lipinski definition) is 5. The molecule has 1 aromatic heterocycles. The largest absolute Gasteiger partial charge is 0.384 e. The molecule has 0 amide bonds. The van der Waals surface area contributed by atoms with Crippen molar-refractivity contribution in [2.75, 3.05) is 37.4 Å². The van der Waals surface area contributed by atoms with Gasteiger partial charge in [-0.2, -0.15) is 0 Å². The number of rotatable bonds is 5. The van der Waals surface area contributed by atoms with E-state index in [1.54, 1.807) is 7.11 Å². The fourth-order valence-corrected chi connectivity index (χ4v) is 2.76. The molecule has 0 aliphatic carbocycles. The number of ether oxygens (including phenoxy) is 1. The van der Waals surface area contributed by atoms with Gasteiger partial charge in [-0.25, -0.2) is 9.97 Å². The second-order valence-corrected chi connectivity index (χ2v) is 5.61. The molecule has 20 heavy (non-hydrogen) atoms. The highest BCUT2D eigenvalue weighted by Crippen LogP contribution is 2.27. The molecule has 2 rings (SSSR count). The standard InChI is InChI=1S/C15H26N4O/c1-4-5-13-17-14(16)11(2)15(18-13)19-8-6-12(7-9-19)10-20-3/h12H,4-10H2,1-3H3,(H2,16,17,18). The van der Waals surface area contributed by atoms with Gasteiger partial charge in [0.15, 0.2) is 0 Å². The summed E-state index contributed by atoms with van der Waals surface area (Å²) in [5.74, 6) is 3.18. The van der Waals surface area contributed by atoms with E-state index in [1.165, 1.54) is 0 Å². The maximum Gasteiger partial charge on any atom is 0.137 e. The first-order valence-electron chi connectivity index (χ1n) is 7.52. The van der Waals surface area contributed by atoms with Crippen LogP contribution in [0.5, 0.6) is 0 Å².